The summed E-state index contributed by atoms with van der Waals surface area (Å²) in [6, 6.07) is 1.47. The maximum absolute atomic E-state index is 13.0. The number of nitrogens with one attached hydrogen (secondary N) is 1. The van der Waals surface area contributed by atoms with E-state index in [4.69, 9.17) is 0 Å². The van der Waals surface area contributed by atoms with Crippen molar-refractivity contribution in [1.29, 1.82) is 0 Å². The van der Waals surface area contributed by atoms with Crippen LogP contribution in [0.5, 0.6) is 0 Å². The number of rotatable bonds is 4. The second-order valence-electron chi connectivity index (χ2n) is 5.77. The van der Waals surface area contributed by atoms with Gasteiger partial charge in [0.1, 0.15) is 9.77 Å². The van der Waals surface area contributed by atoms with E-state index < -0.39 is 16.0 Å². The Kier molecular flexibility index (Phi) is 4.75. The molecule has 0 amide bonds. The summed E-state index contributed by atoms with van der Waals surface area (Å²) in [5.41, 5.74) is 2.01. The number of nitrogens with zero attached hydrogens (tertiary/aromatic N) is 2. The number of ether oxygens (including phenoxy) is 1. The average molecular weight is 369 g/mol. The van der Waals surface area contributed by atoms with E-state index in [1.807, 2.05) is 6.92 Å². The highest BCUT2D eigenvalue weighted by molar-refractivity contribution is 7.89. The van der Waals surface area contributed by atoms with Gasteiger partial charge >= 0.3 is 5.97 Å². The standard InChI is InChI=1S/C15H19N3O4S2/c1-10-8-16-17-13(10)11-4-3-6-18(9-11)24(20,21)12-5-7-23-14(12)15(19)22-2/h5,7-8,11H,3-4,6,9H2,1-2H3,(H,16,17)/t11-/m1/s1. The Balaban J connectivity index is 1.89. The van der Waals surface area contributed by atoms with Crippen molar-refractivity contribution in [3.05, 3.63) is 33.8 Å². The molecule has 1 saturated heterocycles. The molecule has 0 radical (unpaired) electrons. The lowest BCUT2D eigenvalue weighted by molar-refractivity contribution is 0.0602. The van der Waals surface area contributed by atoms with Crippen LogP contribution in [-0.4, -0.2) is 49.1 Å². The fourth-order valence-electron chi connectivity index (χ4n) is 3.05. The van der Waals surface area contributed by atoms with Crippen LogP contribution in [0.15, 0.2) is 22.5 Å². The SMILES string of the molecule is COC(=O)c1sccc1S(=O)(=O)N1CCC[C@@H](c2[nH]ncc2C)C1. The van der Waals surface area contributed by atoms with E-state index >= 15 is 0 Å². The van der Waals surface area contributed by atoms with Gasteiger partial charge in [-0.05, 0) is 36.8 Å². The minimum absolute atomic E-state index is 0.0290. The van der Waals surface area contributed by atoms with Crippen LogP contribution in [0.1, 0.15) is 39.7 Å². The van der Waals surface area contributed by atoms with Crippen molar-refractivity contribution in [2.24, 2.45) is 0 Å². The normalized spacial score (nSPS) is 19.3. The Hall–Kier alpha value is -1.71. The van der Waals surface area contributed by atoms with Crippen LogP contribution in [-0.2, 0) is 14.8 Å². The Labute approximate surface area is 144 Å². The van der Waals surface area contributed by atoms with E-state index in [-0.39, 0.29) is 15.7 Å². The van der Waals surface area contributed by atoms with Gasteiger partial charge in [-0.25, -0.2) is 13.2 Å². The van der Waals surface area contributed by atoms with Gasteiger partial charge in [-0.2, -0.15) is 9.40 Å². The summed E-state index contributed by atoms with van der Waals surface area (Å²) in [7, 11) is -2.49. The average Bonchev–Trinajstić information content (AvgIpc) is 3.23. The van der Waals surface area contributed by atoms with E-state index in [9.17, 15) is 13.2 Å². The molecule has 0 bridgehead atoms. The first-order valence-electron chi connectivity index (χ1n) is 7.61. The number of H-pyrrole nitrogens is 1. The molecule has 130 valence electrons. The van der Waals surface area contributed by atoms with Crippen molar-refractivity contribution in [3.63, 3.8) is 0 Å². The molecule has 0 unspecified atom stereocenters. The molecule has 1 N–H and O–H groups in total. The van der Waals surface area contributed by atoms with Crippen LogP contribution in [0.3, 0.4) is 0 Å². The second kappa shape index (κ2) is 6.66. The Morgan fingerprint density at radius 3 is 2.96 bits per heavy atom. The van der Waals surface area contributed by atoms with Crippen molar-refractivity contribution in [1.82, 2.24) is 14.5 Å². The molecule has 2 aromatic rings. The molecule has 1 aliphatic heterocycles. The molecular formula is C15H19N3O4S2. The van der Waals surface area contributed by atoms with Crippen LogP contribution in [0.4, 0.5) is 0 Å². The fourth-order valence-corrected chi connectivity index (χ4v) is 5.88. The van der Waals surface area contributed by atoms with Gasteiger partial charge in [0.05, 0.1) is 13.3 Å². The van der Waals surface area contributed by atoms with Crippen molar-refractivity contribution in [3.8, 4) is 0 Å². The number of hydrogen-bond donors (Lipinski definition) is 1. The molecule has 7 nitrogen and oxygen atoms in total. The van der Waals surface area contributed by atoms with Gasteiger partial charge in [0.15, 0.2) is 0 Å². The number of carbonyl (C=O) groups is 1. The largest absolute Gasteiger partial charge is 0.465 e. The number of carbonyl (C=O) groups excluding carboxylic acids is 1. The molecule has 2 aromatic heterocycles. The molecule has 1 aliphatic rings. The van der Waals surface area contributed by atoms with Gasteiger partial charge in [-0.1, -0.05) is 0 Å². The molecule has 0 saturated carbocycles. The van der Waals surface area contributed by atoms with E-state index in [0.717, 1.165) is 35.4 Å². The van der Waals surface area contributed by atoms with Crippen molar-refractivity contribution in [2.45, 2.75) is 30.6 Å². The van der Waals surface area contributed by atoms with Crippen LogP contribution >= 0.6 is 11.3 Å². The molecule has 0 aromatic carbocycles. The van der Waals surface area contributed by atoms with Gasteiger partial charge in [0.2, 0.25) is 10.0 Å². The first-order chi connectivity index (χ1) is 11.4. The summed E-state index contributed by atoms with van der Waals surface area (Å²) in [6.07, 6.45) is 3.42. The lowest BCUT2D eigenvalue weighted by Gasteiger charge is -2.31. The predicted molar refractivity (Wildman–Crippen MR) is 89.7 cm³/mol. The van der Waals surface area contributed by atoms with Crippen LogP contribution in [0, 0.1) is 6.92 Å². The Bertz CT molecular complexity index is 841. The third-order valence-electron chi connectivity index (χ3n) is 4.28. The van der Waals surface area contributed by atoms with Gasteiger partial charge < -0.3 is 4.74 Å². The number of aryl methyl sites for hydroxylation is 1. The van der Waals surface area contributed by atoms with Gasteiger partial charge in [0, 0.05) is 24.7 Å². The molecule has 3 heterocycles. The zero-order chi connectivity index (χ0) is 17.3. The third-order valence-corrected chi connectivity index (χ3v) is 7.21. The molecule has 0 aliphatic carbocycles. The number of methoxy groups -OCH3 is 1. The first-order valence-corrected chi connectivity index (χ1v) is 9.93. The Morgan fingerprint density at radius 1 is 1.50 bits per heavy atom. The maximum Gasteiger partial charge on any atom is 0.349 e. The Morgan fingerprint density at radius 2 is 2.29 bits per heavy atom. The van der Waals surface area contributed by atoms with Gasteiger partial charge in [-0.3, -0.25) is 5.10 Å². The van der Waals surface area contributed by atoms with Crippen molar-refractivity contribution >= 4 is 27.3 Å². The highest BCUT2D eigenvalue weighted by Crippen LogP contribution is 2.33. The minimum Gasteiger partial charge on any atom is -0.465 e. The molecule has 3 rings (SSSR count). The van der Waals surface area contributed by atoms with Crippen LogP contribution < -0.4 is 0 Å². The number of thiophene rings is 1. The molecule has 24 heavy (non-hydrogen) atoms. The summed E-state index contributed by atoms with van der Waals surface area (Å²) < 4.78 is 32.1. The number of aromatic amines is 1. The molecule has 1 fully saturated rings. The van der Waals surface area contributed by atoms with Crippen LogP contribution in [0.25, 0.3) is 0 Å². The minimum atomic E-state index is -3.73. The number of esters is 1. The van der Waals surface area contributed by atoms with Crippen molar-refractivity contribution in [2.75, 3.05) is 20.2 Å². The van der Waals surface area contributed by atoms with E-state index in [0.29, 0.717) is 13.1 Å². The quantitative estimate of drug-likeness (QED) is 0.834. The lowest BCUT2D eigenvalue weighted by atomic mass is 9.94. The lowest BCUT2D eigenvalue weighted by Crippen LogP contribution is -2.39. The summed E-state index contributed by atoms with van der Waals surface area (Å²) in [5.74, 6) is -0.544. The number of piperidine rings is 1. The first kappa shape index (κ1) is 17.1. The number of hydrogen-bond acceptors (Lipinski definition) is 6. The fraction of sp³-hybridized carbons (Fsp3) is 0.467. The summed E-state index contributed by atoms with van der Waals surface area (Å²) in [4.78, 5) is 12.0. The van der Waals surface area contributed by atoms with Crippen molar-refractivity contribution < 1.29 is 17.9 Å². The zero-order valence-corrected chi connectivity index (χ0v) is 15.1. The zero-order valence-electron chi connectivity index (χ0n) is 13.5. The monoisotopic (exact) mass is 369 g/mol. The van der Waals surface area contributed by atoms with Crippen LogP contribution in [0.2, 0.25) is 0 Å². The third kappa shape index (κ3) is 2.99. The molecule has 1 atom stereocenters. The molecule has 9 heteroatoms. The van der Waals surface area contributed by atoms with E-state index in [2.05, 4.69) is 14.9 Å². The number of sulfonamides is 1. The second-order valence-corrected chi connectivity index (χ2v) is 8.60. The van der Waals surface area contributed by atoms with E-state index in [1.165, 1.54) is 17.5 Å². The summed E-state index contributed by atoms with van der Waals surface area (Å²) in [5, 5.41) is 8.60. The summed E-state index contributed by atoms with van der Waals surface area (Å²) in [6.45, 7) is 2.78. The maximum atomic E-state index is 13.0. The van der Waals surface area contributed by atoms with E-state index in [1.54, 1.807) is 11.6 Å². The molecular weight excluding hydrogens is 350 g/mol. The highest BCUT2D eigenvalue weighted by Gasteiger charge is 2.35. The van der Waals surface area contributed by atoms with Gasteiger partial charge in [-0.15, -0.1) is 11.3 Å². The number of aromatic nitrogens is 2. The summed E-state index contributed by atoms with van der Waals surface area (Å²) >= 11 is 1.08. The predicted octanol–water partition coefficient (Wildman–Crippen LogP) is 2.13. The topological polar surface area (TPSA) is 92.4 Å². The smallest absolute Gasteiger partial charge is 0.349 e. The molecule has 0 spiro atoms. The van der Waals surface area contributed by atoms with Gasteiger partial charge in [0.25, 0.3) is 0 Å². The highest BCUT2D eigenvalue weighted by atomic mass is 32.2.